The van der Waals surface area contributed by atoms with E-state index in [2.05, 4.69) is 82.8 Å². The minimum Gasteiger partial charge on any atom is -0.493 e. The monoisotopic (exact) mass is 439 g/mol. The average Bonchev–Trinajstić information content (AvgIpc) is 2.72. The van der Waals surface area contributed by atoms with Gasteiger partial charge in [0.15, 0.2) is 11.5 Å². The second kappa shape index (κ2) is 10.3. The maximum Gasteiger partial charge on any atom is 0.175 e. The molecule has 0 spiro atoms. The number of hydrogen-bond donors (Lipinski definition) is 1. The highest BCUT2D eigenvalue weighted by molar-refractivity contribution is 9.10. The Kier molecular flexibility index (Phi) is 7.52. The standard InChI is InChI=1S/C24H26BrNO2/c1-18-8-10-20(11-9-18)17-28-24-22(25)14-21(15-23(24)27-2)16-26-13-12-19-6-4-3-5-7-19/h3-11,14-15,26H,12-13,16-17H2,1-2H3. The van der Waals surface area contributed by atoms with Gasteiger partial charge < -0.3 is 14.8 Å². The molecular formula is C24H26BrNO2. The van der Waals surface area contributed by atoms with Gasteiger partial charge in [0.05, 0.1) is 11.6 Å². The molecule has 3 rings (SSSR count). The van der Waals surface area contributed by atoms with Gasteiger partial charge in [0.25, 0.3) is 0 Å². The van der Waals surface area contributed by atoms with Gasteiger partial charge in [-0.2, -0.15) is 0 Å². The van der Waals surface area contributed by atoms with Crippen molar-refractivity contribution in [3.63, 3.8) is 0 Å². The molecule has 3 aromatic rings. The quantitative estimate of drug-likeness (QED) is 0.435. The fourth-order valence-electron chi connectivity index (χ4n) is 2.97. The highest BCUT2D eigenvalue weighted by Crippen LogP contribution is 2.37. The van der Waals surface area contributed by atoms with Crippen LogP contribution in [0.15, 0.2) is 71.2 Å². The molecule has 0 saturated heterocycles. The van der Waals surface area contributed by atoms with Gasteiger partial charge in [0.2, 0.25) is 0 Å². The van der Waals surface area contributed by atoms with Crippen LogP contribution in [-0.2, 0) is 19.6 Å². The van der Waals surface area contributed by atoms with Crippen LogP contribution in [0.2, 0.25) is 0 Å². The molecule has 0 aliphatic carbocycles. The summed E-state index contributed by atoms with van der Waals surface area (Å²) in [4.78, 5) is 0. The van der Waals surface area contributed by atoms with Crippen molar-refractivity contribution in [1.29, 1.82) is 0 Å². The second-order valence-electron chi connectivity index (χ2n) is 6.80. The number of hydrogen-bond acceptors (Lipinski definition) is 3. The van der Waals surface area contributed by atoms with Crippen molar-refractivity contribution in [3.05, 3.63) is 93.5 Å². The molecule has 0 saturated carbocycles. The summed E-state index contributed by atoms with van der Waals surface area (Å²) in [6.07, 6.45) is 1.01. The molecule has 3 nitrogen and oxygen atoms in total. The Balaban J connectivity index is 1.58. The number of ether oxygens (including phenoxy) is 2. The topological polar surface area (TPSA) is 30.5 Å². The van der Waals surface area contributed by atoms with Crippen LogP contribution in [-0.4, -0.2) is 13.7 Å². The van der Waals surface area contributed by atoms with Gasteiger partial charge in [-0.15, -0.1) is 0 Å². The van der Waals surface area contributed by atoms with E-state index in [1.165, 1.54) is 11.1 Å². The van der Waals surface area contributed by atoms with E-state index in [4.69, 9.17) is 9.47 Å². The van der Waals surface area contributed by atoms with Gasteiger partial charge in [-0.3, -0.25) is 0 Å². The molecule has 4 heteroatoms. The summed E-state index contributed by atoms with van der Waals surface area (Å²) in [5, 5.41) is 3.49. The van der Waals surface area contributed by atoms with Crippen molar-refractivity contribution in [2.75, 3.05) is 13.7 Å². The Labute approximate surface area is 175 Å². The SMILES string of the molecule is COc1cc(CNCCc2ccccc2)cc(Br)c1OCc1ccc(C)cc1. The number of rotatable bonds is 9. The van der Waals surface area contributed by atoms with Gasteiger partial charge in [-0.25, -0.2) is 0 Å². The van der Waals surface area contributed by atoms with E-state index in [1.54, 1.807) is 7.11 Å². The molecular weight excluding hydrogens is 414 g/mol. The Hall–Kier alpha value is -2.30. The van der Waals surface area contributed by atoms with E-state index in [0.29, 0.717) is 6.61 Å². The van der Waals surface area contributed by atoms with Crippen LogP contribution >= 0.6 is 15.9 Å². The van der Waals surface area contributed by atoms with E-state index in [-0.39, 0.29) is 0 Å². The first-order chi connectivity index (χ1) is 13.7. The molecule has 0 amide bonds. The molecule has 0 fully saturated rings. The van der Waals surface area contributed by atoms with Crippen molar-refractivity contribution < 1.29 is 9.47 Å². The van der Waals surface area contributed by atoms with Crippen LogP contribution in [0, 0.1) is 6.92 Å². The van der Waals surface area contributed by atoms with Gasteiger partial charge in [0, 0.05) is 6.54 Å². The predicted molar refractivity (Wildman–Crippen MR) is 118 cm³/mol. The Bertz CT molecular complexity index is 879. The first-order valence-electron chi connectivity index (χ1n) is 9.45. The van der Waals surface area contributed by atoms with Gasteiger partial charge >= 0.3 is 0 Å². The highest BCUT2D eigenvalue weighted by Gasteiger charge is 2.12. The van der Waals surface area contributed by atoms with Gasteiger partial charge in [-0.1, -0.05) is 60.2 Å². The van der Waals surface area contributed by atoms with E-state index in [1.807, 2.05) is 12.1 Å². The highest BCUT2D eigenvalue weighted by atomic mass is 79.9. The number of methoxy groups -OCH3 is 1. The van der Waals surface area contributed by atoms with Crippen LogP contribution in [0.25, 0.3) is 0 Å². The summed E-state index contributed by atoms with van der Waals surface area (Å²) in [5.41, 5.74) is 4.87. The van der Waals surface area contributed by atoms with Crippen LogP contribution in [0.5, 0.6) is 11.5 Å². The van der Waals surface area contributed by atoms with Gasteiger partial charge in [0.1, 0.15) is 6.61 Å². The Morgan fingerprint density at radius 1 is 0.893 bits per heavy atom. The van der Waals surface area contributed by atoms with Gasteiger partial charge in [-0.05, 0) is 64.6 Å². The lowest BCUT2D eigenvalue weighted by molar-refractivity contribution is 0.282. The lowest BCUT2D eigenvalue weighted by Crippen LogP contribution is -2.16. The molecule has 0 atom stereocenters. The Morgan fingerprint density at radius 3 is 2.36 bits per heavy atom. The molecule has 0 aliphatic rings. The summed E-state index contributed by atoms with van der Waals surface area (Å²) < 4.78 is 12.5. The number of halogens is 1. The lowest BCUT2D eigenvalue weighted by Gasteiger charge is -2.15. The summed E-state index contributed by atoms with van der Waals surface area (Å²) >= 11 is 3.64. The molecule has 0 aromatic heterocycles. The molecule has 3 aromatic carbocycles. The fraction of sp³-hybridized carbons (Fsp3) is 0.250. The molecule has 28 heavy (non-hydrogen) atoms. The summed E-state index contributed by atoms with van der Waals surface area (Å²) in [6, 6.07) is 23.0. The minimum absolute atomic E-state index is 0.504. The van der Waals surface area contributed by atoms with Crippen molar-refractivity contribution in [2.24, 2.45) is 0 Å². The molecule has 0 bridgehead atoms. The zero-order valence-corrected chi connectivity index (χ0v) is 18.0. The third-order valence-electron chi connectivity index (χ3n) is 4.56. The molecule has 0 heterocycles. The maximum atomic E-state index is 6.03. The van der Waals surface area contributed by atoms with Crippen LogP contribution < -0.4 is 14.8 Å². The maximum absolute atomic E-state index is 6.03. The molecule has 0 unspecified atom stereocenters. The third-order valence-corrected chi connectivity index (χ3v) is 5.14. The van der Waals surface area contributed by atoms with E-state index in [0.717, 1.165) is 46.6 Å². The van der Waals surface area contributed by atoms with Crippen molar-refractivity contribution >= 4 is 15.9 Å². The first kappa shape index (κ1) is 20.4. The average molecular weight is 440 g/mol. The van der Waals surface area contributed by atoms with Crippen LogP contribution in [0.3, 0.4) is 0 Å². The smallest absolute Gasteiger partial charge is 0.175 e. The van der Waals surface area contributed by atoms with E-state index >= 15 is 0 Å². The third kappa shape index (κ3) is 5.85. The Morgan fingerprint density at radius 2 is 1.64 bits per heavy atom. The van der Waals surface area contributed by atoms with Crippen molar-refractivity contribution in [2.45, 2.75) is 26.5 Å². The first-order valence-corrected chi connectivity index (χ1v) is 10.2. The van der Waals surface area contributed by atoms with Crippen molar-refractivity contribution in [1.82, 2.24) is 5.32 Å². The normalized spacial score (nSPS) is 10.7. The number of nitrogens with one attached hydrogen (secondary N) is 1. The summed E-state index contributed by atoms with van der Waals surface area (Å²) in [5.74, 6) is 1.47. The fourth-order valence-corrected chi connectivity index (χ4v) is 3.57. The molecule has 146 valence electrons. The molecule has 0 aliphatic heterocycles. The van der Waals surface area contributed by atoms with E-state index in [9.17, 15) is 0 Å². The molecule has 1 N–H and O–H groups in total. The largest absolute Gasteiger partial charge is 0.493 e. The van der Waals surface area contributed by atoms with Crippen molar-refractivity contribution in [3.8, 4) is 11.5 Å². The zero-order chi connectivity index (χ0) is 19.8. The van der Waals surface area contributed by atoms with E-state index < -0.39 is 0 Å². The minimum atomic E-state index is 0.504. The number of aryl methyl sites for hydroxylation is 1. The van der Waals surface area contributed by atoms with Crippen LogP contribution in [0.4, 0.5) is 0 Å². The predicted octanol–water partition coefficient (Wildman–Crippen LogP) is 5.68. The number of benzene rings is 3. The second-order valence-corrected chi connectivity index (χ2v) is 7.65. The zero-order valence-electron chi connectivity index (χ0n) is 16.4. The summed E-state index contributed by atoms with van der Waals surface area (Å²) in [6.45, 7) is 4.29. The molecule has 0 radical (unpaired) electrons. The summed E-state index contributed by atoms with van der Waals surface area (Å²) in [7, 11) is 1.67. The van der Waals surface area contributed by atoms with Crippen LogP contribution in [0.1, 0.15) is 22.3 Å². The lowest BCUT2D eigenvalue weighted by atomic mass is 10.1.